The SMILES string of the molecule is CCCCCC=CCC#CCCCOC1CCCCO1. The Hall–Kier alpha value is -0.780. The second-order valence-corrected chi connectivity index (χ2v) is 5.30. The van der Waals surface area contributed by atoms with Gasteiger partial charge in [-0.05, 0) is 38.5 Å². The topological polar surface area (TPSA) is 18.5 Å². The van der Waals surface area contributed by atoms with Crippen LogP contribution in [0.2, 0.25) is 0 Å². The molecular weight excluding hydrogens is 248 g/mol. The summed E-state index contributed by atoms with van der Waals surface area (Å²) in [5, 5.41) is 0. The van der Waals surface area contributed by atoms with Crippen LogP contribution < -0.4 is 0 Å². The van der Waals surface area contributed by atoms with E-state index >= 15 is 0 Å². The standard InChI is InChI=1S/C18H30O2/c1-2-3-4-5-6-7-8-9-10-11-13-16-19-18-15-12-14-17-20-18/h6-7,18H,2-5,8,11-17H2,1H3. The summed E-state index contributed by atoms with van der Waals surface area (Å²) >= 11 is 0. The molecule has 1 fully saturated rings. The van der Waals surface area contributed by atoms with E-state index in [1.807, 2.05) is 0 Å². The largest absolute Gasteiger partial charge is 0.353 e. The first-order chi connectivity index (χ1) is 9.93. The highest BCUT2D eigenvalue weighted by Crippen LogP contribution is 2.13. The molecular formula is C18H30O2. The molecule has 0 aliphatic carbocycles. The zero-order valence-electron chi connectivity index (χ0n) is 13.0. The lowest BCUT2D eigenvalue weighted by Crippen LogP contribution is -2.22. The molecule has 1 atom stereocenters. The molecule has 0 saturated carbocycles. The van der Waals surface area contributed by atoms with Gasteiger partial charge in [0.15, 0.2) is 6.29 Å². The molecule has 2 heteroatoms. The Labute approximate surface area is 124 Å². The second-order valence-electron chi connectivity index (χ2n) is 5.30. The minimum absolute atomic E-state index is 0.0442. The van der Waals surface area contributed by atoms with Crippen molar-refractivity contribution in [2.24, 2.45) is 0 Å². The third-order valence-electron chi connectivity index (χ3n) is 3.37. The lowest BCUT2D eigenvalue weighted by Gasteiger charge is -2.22. The summed E-state index contributed by atoms with van der Waals surface area (Å²) < 4.78 is 11.2. The Morgan fingerprint density at radius 1 is 1.15 bits per heavy atom. The van der Waals surface area contributed by atoms with Gasteiger partial charge in [-0.1, -0.05) is 37.8 Å². The number of unbranched alkanes of at least 4 members (excludes halogenated alkanes) is 4. The fraction of sp³-hybridized carbons (Fsp3) is 0.778. The van der Waals surface area contributed by atoms with Crippen LogP contribution >= 0.6 is 0 Å². The van der Waals surface area contributed by atoms with E-state index in [1.165, 1.54) is 38.5 Å². The fourth-order valence-corrected chi connectivity index (χ4v) is 2.15. The molecule has 20 heavy (non-hydrogen) atoms. The van der Waals surface area contributed by atoms with Crippen LogP contribution in [-0.4, -0.2) is 19.5 Å². The van der Waals surface area contributed by atoms with E-state index in [0.717, 1.165) is 38.9 Å². The van der Waals surface area contributed by atoms with E-state index in [9.17, 15) is 0 Å². The lowest BCUT2D eigenvalue weighted by molar-refractivity contribution is -0.162. The van der Waals surface area contributed by atoms with Crippen LogP contribution in [0.25, 0.3) is 0 Å². The van der Waals surface area contributed by atoms with Crippen molar-refractivity contribution in [1.82, 2.24) is 0 Å². The molecule has 0 aromatic rings. The van der Waals surface area contributed by atoms with Crippen molar-refractivity contribution in [3.05, 3.63) is 12.2 Å². The van der Waals surface area contributed by atoms with Crippen molar-refractivity contribution in [2.75, 3.05) is 13.2 Å². The van der Waals surface area contributed by atoms with Crippen molar-refractivity contribution in [1.29, 1.82) is 0 Å². The van der Waals surface area contributed by atoms with Crippen LogP contribution in [0.3, 0.4) is 0 Å². The quantitative estimate of drug-likeness (QED) is 0.341. The van der Waals surface area contributed by atoms with E-state index < -0.39 is 0 Å². The van der Waals surface area contributed by atoms with Gasteiger partial charge in [0.05, 0.1) is 6.61 Å². The molecule has 1 aliphatic rings. The summed E-state index contributed by atoms with van der Waals surface area (Å²) in [6, 6.07) is 0. The van der Waals surface area contributed by atoms with Crippen molar-refractivity contribution in [3.8, 4) is 11.8 Å². The molecule has 0 bridgehead atoms. The highest BCUT2D eigenvalue weighted by Gasteiger charge is 2.12. The Kier molecular flexibility index (Phi) is 11.4. The summed E-state index contributed by atoms with van der Waals surface area (Å²) in [6.45, 7) is 3.86. The molecule has 1 unspecified atom stereocenters. The lowest BCUT2D eigenvalue weighted by atomic mass is 10.2. The minimum atomic E-state index is 0.0442. The minimum Gasteiger partial charge on any atom is -0.353 e. The fourth-order valence-electron chi connectivity index (χ4n) is 2.15. The van der Waals surface area contributed by atoms with Gasteiger partial charge in [0, 0.05) is 19.4 Å². The number of hydrogen-bond donors (Lipinski definition) is 0. The van der Waals surface area contributed by atoms with Crippen molar-refractivity contribution >= 4 is 0 Å². The predicted octanol–water partition coefficient (Wildman–Crippen LogP) is 4.84. The van der Waals surface area contributed by atoms with Crippen LogP contribution in [0.4, 0.5) is 0 Å². The van der Waals surface area contributed by atoms with E-state index in [4.69, 9.17) is 9.47 Å². The Bertz CT molecular complexity index is 292. The van der Waals surface area contributed by atoms with Gasteiger partial charge < -0.3 is 9.47 Å². The summed E-state index contributed by atoms with van der Waals surface area (Å²) in [5.74, 6) is 6.39. The zero-order valence-corrected chi connectivity index (χ0v) is 13.0. The van der Waals surface area contributed by atoms with Gasteiger partial charge in [0.25, 0.3) is 0 Å². The molecule has 1 aliphatic heterocycles. The van der Waals surface area contributed by atoms with Gasteiger partial charge in [-0.25, -0.2) is 0 Å². The summed E-state index contributed by atoms with van der Waals surface area (Å²) in [5.41, 5.74) is 0. The molecule has 1 heterocycles. The maximum atomic E-state index is 5.66. The molecule has 2 nitrogen and oxygen atoms in total. The van der Waals surface area contributed by atoms with Crippen molar-refractivity contribution < 1.29 is 9.47 Å². The van der Waals surface area contributed by atoms with E-state index in [2.05, 4.69) is 30.9 Å². The third-order valence-corrected chi connectivity index (χ3v) is 3.37. The molecule has 1 rings (SSSR count). The predicted molar refractivity (Wildman–Crippen MR) is 84.5 cm³/mol. The summed E-state index contributed by atoms with van der Waals surface area (Å²) in [6.07, 6.45) is 15.9. The van der Waals surface area contributed by atoms with Crippen molar-refractivity contribution in [2.45, 2.75) is 77.4 Å². The Balaban J connectivity index is 1.87. The Morgan fingerprint density at radius 3 is 2.90 bits per heavy atom. The molecule has 1 saturated heterocycles. The highest BCUT2D eigenvalue weighted by atomic mass is 16.7. The first-order valence-electron chi connectivity index (χ1n) is 8.27. The average molecular weight is 278 g/mol. The van der Waals surface area contributed by atoms with Crippen LogP contribution in [0, 0.1) is 11.8 Å². The second kappa shape index (κ2) is 13.2. The van der Waals surface area contributed by atoms with Crippen LogP contribution in [0.1, 0.15) is 71.1 Å². The highest BCUT2D eigenvalue weighted by molar-refractivity contribution is 5.04. The van der Waals surface area contributed by atoms with Gasteiger partial charge in [-0.15, -0.1) is 5.92 Å². The van der Waals surface area contributed by atoms with Gasteiger partial charge in [-0.3, -0.25) is 0 Å². The zero-order chi connectivity index (χ0) is 14.3. The molecule has 114 valence electrons. The first-order valence-corrected chi connectivity index (χ1v) is 8.27. The molecule has 0 N–H and O–H groups in total. The number of allylic oxidation sites excluding steroid dienone is 2. The molecule has 0 aromatic heterocycles. The van der Waals surface area contributed by atoms with Gasteiger partial charge >= 0.3 is 0 Å². The first kappa shape index (κ1) is 17.3. The molecule has 0 amide bonds. The van der Waals surface area contributed by atoms with Crippen LogP contribution in [0.15, 0.2) is 12.2 Å². The molecule has 0 aromatic carbocycles. The van der Waals surface area contributed by atoms with Gasteiger partial charge in [0.1, 0.15) is 0 Å². The van der Waals surface area contributed by atoms with E-state index in [0.29, 0.717) is 0 Å². The summed E-state index contributed by atoms with van der Waals surface area (Å²) in [7, 11) is 0. The monoisotopic (exact) mass is 278 g/mol. The number of hydrogen-bond acceptors (Lipinski definition) is 2. The van der Waals surface area contributed by atoms with Crippen molar-refractivity contribution in [3.63, 3.8) is 0 Å². The van der Waals surface area contributed by atoms with Gasteiger partial charge in [0.2, 0.25) is 0 Å². The Morgan fingerprint density at radius 2 is 2.10 bits per heavy atom. The maximum absolute atomic E-state index is 5.66. The smallest absolute Gasteiger partial charge is 0.157 e. The van der Waals surface area contributed by atoms with Crippen LogP contribution in [0.5, 0.6) is 0 Å². The number of ether oxygens (including phenoxy) is 2. The van der Waals surface area contributed by atoms with E-state index in [-0.39, 0.29) is 6.29 Å². The van der Waals surface area contributed by atoms with Gasteiger partial charge in [-0.2, -0.15) is 0 Å². The number of rotatable bonds is 9. The van der Waals surface area contributed by atoms with Crippen LogP contribution in [-0.2, 0) is 9.47 Å². The molecule has 0 radical (unpaired) electrons. The summed E-state index contributed by atoms with van der Waals surface area (Å²) in [4.78, 5) is 0. The van der Waals surface area contributed by atoms with E-state index in [1.54, 1.807) is 0 Å². The molecule has 0 spiro atoms. The third kappa shape index (κ3) is 10.1. The maximum Gasteiger partial charge on any atom is 0.157 e. The normalized spacial score (nSPS) is 18.9. The average Bonchev–Trinajstić information content (AvgIpc) is 2.49.